The van der Waals surface area contributed by atoms with Gasteiger partial charge >= 0.3 is 13.5 Å². The Morgan fingerprint density at radius 3 is 3.00 bits per heavy atom. The standard InChI is InChI=1S/C16H15F2N2O8PS/c17-9-5-20(15(23)19-13(9)30)14-11(21)12(22)16(18,27-14)7-26-29(24)25-6-8-3-1-2-4-10(8)28-29/h1-5,11-12,14,21-22H,6-7H2,(H,19,23,30)/t11-,12+,14-,16-,29?/m1/s1/i7D2,14D. The lowest BCUT2D eigenvalue weighted by Gasteiger charge is -2.28. The van der Waals surface area contributed by atoms with E-state index in [4.69, 9.17) is 13.2 Å². The second-order valence-electron chi connectivity index (χ2n) is 6.19. The van der Waals surface area contributed by atoms with Crippen LogP contribution in [0.2, 0.25) is 0 Å². The molecule has 2 aromatic rings. The topological polar surface area (TPSA) is 132 Å². The molecule has 0 saturated carbocycles. The van der Waals surface area contributed by atoms with Crippen molar-refractivity contribution < 1.29 is 46.0 Å². The number of H-pyrrole nitrogens is 1. The van der Waals surface area contributed by atoms with Gasteiger partial charge in [0.15, 0.2) is 12.0 Å². The second-order valence-corrected chi connectivity index (χ2v) is 8.12. The quantitative estimate of drug-likeness (QED) is 0.454. The SMILES string of the molecule is [2H]C([2H])(OP1(=O)OCc2ccccc2O1)[C@@]1(F)O[C@@]([2H])(n2cc(F)c(=S)[nH]c2=O)[C@H](O)[C@@H]1O. The van der Waals surface area contributed by atoms with Gasteiger partial charge in [-0.05, 0) is 6.07 Å². The van der Waals surface area contributed by atoms with Crippen molar-refractivity contribution in [1.29, 1.82) is 0 Å². The van der Waals surface area contributed by atoms with Crippen LogP contribution in [0.3, 0.4) is 0 Å². The Bertz CT molecular complexity index is 1280. The van der Waals surface area contributed by atoms with Gasteiger partial charge in [0.25, 0.3) is 5.85 Å². The Morgan fingerprint density at radius 1 is 1.50 bits per heavy atom. The fraction of sp³-hybridized carbons (Fsp3) is 0.375. The smallest absolute Gasteiger partial charge is 0.404 e. The summed E-state index contributed by atoms with van der Waals surface area (Å²) in [5.41, 5.74) is -0.902. The number of halogens is 2. The zero-order valence-corrected chi connectivity index (χ0v) is 16.4. The summed E-state index contributed by atoms with van der Waals surface area (Å²) in [5, 5.41) is 20.5. The molecule has 0 aliphatic carbocycles. The van der Waals surface area contributed by atoms with Crippen LogP contribution in [0.15, 0.2) is 35.3 Å². The van der Waals surface area contributed by atoms with Gasteiger partial charge in [-0.1, -0.05) is 30.4 Å². The number of aliphatic hydroxyl groups is 2. The molecule has 1 fully saturated rings. The minimum absolute atomic E-state index is 0.000113. The summed E-state index contributed by atoms with van der Waals surface area (Å²) >= 11 is 4.53. The van der Waals surface area contributed by atoms with Crippen LogP contribution in [0.4, 0.5) is 8.78 Å². The highest BCUT2D eigenvalue weighted by molar-refractivity contribution is 7.71. The van der Waals surface area contributed by atoms with Crippen LogP contribution < -0.4 is 10.2 Å². The maximum Gasteiger partial charge on any atom is 0.530 e. The predicted octanol–water partition coefficient (Wildman–Crippen LogP) is 1.70. The van der Waals surface area contributed by atoms with Gasteiger partial charge in [-0.2, -0.15) is 0 Å². The largest absolute Gasteiger partial charge is 0.530 e. The van der Waals surface area contributed by atoms with Crippen molar-refractivity contribution in [2.24, 2.45) is 0 Å². The summed E-state index contributed by atoms with van der Waals surface area (Å²) in [5.74, 6) is -5.37. The predicted molar refractivity (Wildman–Crippen MR) is 97.2 cm³/mol. The summed E-state index contributed by atoms with van der Waals surface area (Å²) in [4.78, 5) is 13.9. The van der Waals surface area contributed by atoms with E-state index >= 15 is 4.39 Å². The Hall–Kier alpha value is -1.99. The van der Waals surface area contributed by atoms with Crippen LogP contribution in [-0.4, -0.2) is 44.4 Å². The van der Waals surface area contributed by atoms with Crippen molar-refractivity contribution in [2.45, 2.75) is 30.9 Å². The number of benzene rings is 1. The van der Waals surface area contributed by atoms with Gasteiger partial charge < -0.3 is 19.5 Å². The first-order valence-electron chi connectivity index (χ1n) is 9.72. The number of nitrogens with one attached hydrogen (secondary N) is 1. The van der Waals surface area contributed by atoms with Crippen molar-refractivity contribution in [2.75, 3.05) is 6.56 Å². The summed E-state index contributed by atoms with van der Waals surface area (Å²) in [6.45, 7) is -4.24. The molecule has 3 N–H and O–H groups in total. The van der Waals surface area contributed by atoms with E-state index in [1.807, 2.05) is 4.98 Å². The third kappa shape index (κ3) is 3.73. The molecular formula is C16H15F2N2O8PS. The molecule has 0 bridgehead atoms. The average Bonchev–Trinajstić information content (AvgIpc) is 2.91. The maximum atomic E-state index is 15.7. The fourth-order valence-corrected chi connectivity index (χ4v) is 3.90. The summed E-state index contributed by atoms with van der Waals surface area (Å²) in [6.07, 6.45) is -8.53. The normalized spacial score (nSPS) is 37.5. The Labute approximate surface area is 176 Å². The minimum atomic E-state index is -4.84. The average molecular weight is 467 g/mol. The number of ether oxygens (including phenoxy) is 1. The van der Waals surface area contributed by atoms with E-state index < -0.39 is 54.8 Å². The number of phosphoric ester groups is 1. The van der Waals surface area contributed by atoms with Crippen LogP contribution in [0.1, 0.15) is 15.9 Å². The molecule has 1 aromatic heterocycles. The Morgan fingerprint density at radius 2 is 2.23 bits per heavy atom. The number of aliphatic hydroxyl groups excluding tert-OH is 2. The molecule has 14 heteroatoms. The second kappa shape index (κ2) is 7.61. The number of hydrogen-bond donors (Lipinski definition) is 3. The molecule has 162 valence electrons. The lowest BCUT2D eigenvalue weighted by atomic mass is 10.1. The van der Waals surface area contributed by atoms with Crippen LogP contribution >= 0.6 is 20.0 Å². The van der Waals surface area contributed by atoms with E-state index in [1.165, 1.54) is 12.1 Å². The number of hydrogen-bond acceptors (Lipinski definition) is 9. The molecule has 1 unspecified atom stereocenters. The zero-order chi connectivity index (χ0) is 24.4. The molecule has 30 heavy (non-hydrogen) atoms. The van der Waals surface area contributed by atoms with Crippen molar-refractivity contribution in [3.63, 3.8) is 0 Å². The van der Waals surface area contributed by atoms with Gasteiger partial charge in [-0.25, -0.2) is 18.1 Å². The molecule has 5 atom stereocenters. The molecule has 10 nitrogen and oxygen atoms in total. The third-order valence-corrected chi connectivity index (χ3v) is 5.66. The first-order chi connectivity index (χ1) is 15.2. The highest BCUT2D eigenvalue weighted by atomic mass is 32.1. The lowest BCUT2D eigenvalue weighted by Crippen LogP contribution is -2.43. The Balaban J connectivity index is 1.68. The molecular weight excluding hydrogens is 449 g/mol. The highest BCUT2D eigenvalue weighted by Crippen LogP contribution is 2.55. The van der Waals surface area contributed by atoms with E-state index in [0.29, 0.717) is 11.8 Å². The number of aromatic nitrogens is 2. The molecule has 1 aromatic carbocycles. The molecule has 3 heterocycles. The molecule has 1 saturated heterocycles. The molecule has 2 aliphatic heterocycles. The van der Waals surface area contributed by atoms with E-state index in [1.54, 1.807) is 12.1 Å². The summed E-state index contributed by atoms with van der Waals surface area (Å²) < 4.78 is 85.1. The number of aromatic amines is 1. The van der Waals surface area contributed by atoms with Crippen LogP contribution in [0.5, 0.6) is 5.75 Å². The van der Waals surface area contributed by atoms with E-state index in [0.717, 1.165) is 0 Å². The van der Waals surface area contributed by atoms with Gasteiger partial charge in [-0.3, -0.25) is 18.6 Å². The van der Waals surface area contributed by atoms with E-state index in [2.05, 4.69) is 21.5 Å². The fourth-order valence-electron chi connectivity index (χ4n) is 2.67. The van der Waals surface area contributed by atoms with Gasteiger partial charge in [0.05, 0.1) is 16.9 Å². The number of phosphoric acid groups is 1. The van der Waals surface area contributed by atoms with Crippen molar-refractivity contribution in [1.82, 2.24) is 9.55 Å². The van der Waals surface area contributed by atoms with Gasteiger partial charge in [-0.15, -0.1) is 0 Å². The van der Waals surface area contributed by atoms with Gasteiger partial charge in [0.1, 0.15) is 29.2 Å². The molecule has 0 spiro atoms. The molecule has 0 amide bonds. The molecule has 4 rings (SSSR count). The van der Waals surface area contributed by atoms with Gasteiger partial charge in [0, 0.05) is 5.56 Å². The number of alkyl halides is 1. The number of rotatable bonds is 4. The molecule has 0 radical (unpaired) electrons. The van der Waals surface area contributed by atoms with Crippen molar-refractivity contribution in [3.05, 3.63) is 57.0 Å². The van der Waals surface area contributed by atoms with Gasteiger partial charge in [0.2, 0.25) is 0 Å². The van der Waals surface area contributed by atoms with Crippen LogP contribution in [0.25, 0.3) is 0 Å². The lowest BCUT2D eigenvalue weighted by molar-refractivity contribution is -0.205. The Kier molecular flexibility index (Phi) is 4.48. The van der Waals surface area contributed by atoms with Crippen LogP contribution in [0, 0.1) is 10.5 Å². The number of fused-ring (bicyclic) bond motifs is 1. The molecule has 2 aliphatic rings. The minimum Gasteiger partial charge on any atom is -0.404 e. The van der Waals surface area contributed by atoms with Crippen molar-refractivity contribution >= 4 is 20.0 Å². The van der Waals surface area contributed by atoms with E-state index in [-0.39, 0.29) is 16.9 Å². The third-order valence-electron chi connectivity index (χ3n) is 4.18. The first kappa shape index (κ1) is 17.7. The monoisotopic (exact) mass is 467 g/mol. The summed E-state index contributed by atoms with van der Waals surface area (Å²) in [6, 6.07) is 6.06. The van der Waals surface area contributed by atoms with Crippen molar-refractivity contribution in [3.8, 4) is 5.75 Å². The zero-order valence-electron chi connectivity index (χ0n) is 17.7. The van der Waals surface area contributed by atoms with E-state index in [9.17, 15) is 24.0 Å². The number of para-hydroxylation sites is 1. The first-order valence-corrected chi connectivity index (χ1v) is 10.1. The van der Waals surface area contributed by atoms with Crippen LogP contribution in [-0.2, 0) is 25.0 Å². The maximum absolute atomic E-state index is 15.7. The summed E-state index contributed by atoms with van der Waals surface area (Å²) in [7, 11) is -4.84. The highest BCUT2D eigenvalue weighted by Gasteiger charge is 2.57. The number of nitrogens with zero attached hydrogens (tertiary/aromatic N) is 1.